The van der Waals surface area contributed by atoms with Crippen LogP contribution in [0, 0.1) is 6.92 Å². The molecule has 0 atom stereocenters. The van der Waals surface area contributed by atoms with E-state index < -0.39 is 10.0 Å². The summed E-state index contributed by atoms with van der Waals surface area (Å²) in [6.45, 7) is 1.91. The molecule has 0 bridgehead atoms. The molecule has 164 valence electrons. The number of hydrogen-bond donors (Lipinski definition) is 1. The lowest BCUT2D eigenvalue weighted by Crippen LogP contribution is -2.22. The number of hydrogen-bond acceptors (Lipinski definition) is 5. The average molecular weight is 466 g/mol. The SMILES string of the molecule is Cc1cc(SCC(=O)Nc2cccc3ccccc23)nc2ccc(S(=O)(=O)N(C)C)cc12. The van der Waals surface area contributed by atoms with Crippen molar-refractivity contribution in [2.24, 2.45) is 0 Å². The van der Waals surface area contributed by atoms with Crippen LogP contribution < -0.4 is 5.32 Å². The van der Waals surface area contributed by atoms with Crippen LogP contribution in [0.4, 0.5) is 5.69 Å². The second-order valence-electron chi connectivity index (χ2n) is 7.61. The number of anilines is 1. The van der Waals surface area contributed by atoms with Gasteiger partial charge < -0.3 is 5.32 Å². The van der Waals surface area contributed by atoms with E-state index in [-0.39, 0.29) is 16.6 Å². The maximum atomic E-state index is 12.6. The van der Waals surface area contributed by atoms with Crippen molar-refractivity contribution in [3.8, 4) is 0 Å². The predicted octanol–water partition coefficient (Wildman–Crippen LogP) is 4.68. The Hall–Kier alpha value is -2.94. The highest BCUT2D eigenvalue weighted by atomic mass is 32.2. The third-order valence-electron chi connectivity index (χ3n) is 5.16. The van der Waals surface area contributed by atoms with Gasteiger partial charge in [0.1, 0.15) is 0 Å². The van der Waals surface area contributed by atoms with Gasteiger partial charge >= 0.3 is 0 Å². The highest BCUT2D eigenvalue weighted by molar-refractivity contribution is 7.99. The smallest absolute Gasteiger partial charge is 0.242 e. The number of rotatable bonds is 6. The minimum absolute atomic E-state index is 0.113. The zero-order chi connectivity index (χ0) is 22.9. The Morgan fingerprint density at radius 2 is 1.75 bits per heavy atom. The number of aryl methyl sites for hydroxylation is 1. The molecule has 0 aliphatic carbocycles. The number of benzene rings is 3. The van der Waals surface area contributed by atoms with Gasteiger partial charge in [0.25, 0.3) is 0 Å². The number of pyridine rings is 1. The van der Waals surface area contributed by atoms with Crippen LogP contribution in [0.1, 0.15) is 5.56 Å². The molecule has 4 aromatic rings. The van der Waals surface area contributed by atoms with Gasteiger partial charge in [-0.1, -0.05) is 48.2 Å². The number of fused-ring (bicyclic) bond motifs is 2. The standard InChI is InChI=1S/C24H23N3O3S2/c1-16-13-24(26-22-12-11-18(14-20(16)22)32(29,30)27(2)3)31-15-23(28)25-21-10-6-8-17-7-4-5-9-19(17)21/h4-14H,15H2,1-3H3,(H,25,28). The van der Waals surface area contributed by atoms with Crippen LogP contribution in [0.2, 0.25) is 0 Å². The molecule has 0 aliphatic heterocycles. The van der Waals surface area contributed by atoms with Gasteiger partial charge in [0.15, 0.2) is 0 Å². The van der Waals surface area contributed by atoms with Crippen molar-refractivity contribution >= 4 is 55.1 Å². The van der Waals surface area contributed by atoms with E-state index in [1.165, 1.54) is 30.2 Å². The van der Waals surface area contributed by atoms with Gasteiger partial charge in [-0.05, 0) is 48.2 Å². The summed E-state index contributed by atoms with van der Waals surface area (Å²) in [6, 6.07) is 20.5. The van der Waals surface area contributed by atoms with Crippen LogP contribution in [0.3, 0.4) is 0 Å². The fraction of sp³-hybridized carbons (Fsp3) is 0.167. The fourth-order valence-electron chi connectivity index (χ4n) is 3.45. The first-order chi connectivity index (χ1) is 15.3. The van der Waals surface area contributed by atoms with Gasteiger partial charge in [0, 0.05) is 30.6 Å². The Bertz CT molecular complexity index is 1430. The molecule has 0 saturated carbocycles. The molecule has 1 heterocycles. The van der Waals surface area contributed by atoms with Crippen LogP contribution in [-0.2, 0) is 14.8 Å². The van der Waals surface area contributed by atoms with E-state index in [2.05, 4.69) is 10.3 Å². The van der Waals surface area contributed by atoms with Crippen LogP contribution >= 0.6 is 11.8 Å². The molecule has 6 nitrogen and oxygen atoms in total. The van der Waals surface area contributed by atoms with Crippen molar-refractivity contribution in [2.45, 2.75) is 16.8 Å². The van der Waals surface area contributed by atoms with E-state index in [1.807, 2.05) is 55.5 Å². The minimum atomic E-state index is -3.51. The zero-order valence-electron chi connectivity index (χ0n) is 18.0. The van der Waals surface area contributed by atoms with E-state index in [0.29, 0.717) is 10.5 Å². The summed E-state index contributed by atoms with van der Waals surface area (Å²) in [5.41, 5.74) is 2.38. The second kappa shape index (κ2) is 8.90. The number of amides is 1. The van der Waals surface area contributed by atoms with Gasteiger partial charge in [-0.25, -0.2) is 17.7 Å². The number of thioether (sulfide) groups is 1. The molecule has 4 rings (SSSR count). The first-order valence-electron chi connectivity index (χ1n) is 10.00. The summed E-state index contributed by atoms with van der Waals surface area (Å²) in [5.74, 6) is 0.104. The Morgan fingerprint density at radius 3 is 2.53 bits per heavy atom. The second-order valence-corrected chi connectivity index (χ2v) is 10.8. The van der Waals surface area contributed by atoms with Gasteiger partial charge in [0.05, 0.1) is 21.2 Å². The van der Waals surface area contributed by atoms with Crippen molar-refractivity contribution in [1.82, 2.24) is 9.29 Å². The number of carbonyl (C=O) groups excluding carboxylic acids is 1. The Balaban J connectivity index is 1.51. The van der Waals surface area contributed by atoms with Crippen molar-refractivity contribution < 1.29 is 13.2 Å². The van der Waals surface area contributed by atoms with Crippen molar-refractivity contribution in [3.05, 3.63) is 72.3 Å². The van der Waals surface area contributed by atoms with Gasteiger partial charge in [0.2, 0.25) is 15.9 Å². The highest BCUT2D eigenvalue weighted by Gasteiger charge is 2.18. The fourth-order valence-corrected chi connectivity index (χ4v) is 5.15. The number of nitrogens with zero attached hydrogens (tertiary/aromatic N) is 2. The molecule has 0 saturated heterocycles. The van der Waals surface area contributed by atoms with Crippen LogP contribution in [0.25, 0.3) is 21.7 Å². The van der Waals surface area contributed by atoms with E-state index in [4.69, 9.17) is 0 Å². The van der Waals surface area contributed by atoms with Crippen molar-refractivity contribution in [3.63, 3.8) is 0 Å². The number of nitrogens with one attached hydrogen (secondary N) is 1. The first kappa shape index (κ1) is 22.3. The first-order valence-corrected chi connectivity index (χ1v) is 12.4. The summed E-state index contributed by atoms with van der Waals surface area (Å²) >= 11 is 1.35. The third kappa shape index (κ3) is 4.48. The zero-order valence-corrected chi connectivity index (χ0v) is 19.6. The van der Waals surface area contributed by atoms with Crippen LogP contribution in [-0.4, -0.2) is 43.5 Å². The molecule has 0 aliphatic rings. The number of aromatic nitrogens is 1. The largest absolute Gasteiger partial charge is 0.325 e. The lowest BCUT2D eigenvalue weighted by Gasteiger charge is -2.13. The average Bonchev–Trinajstić information content (AvgIpc) is 2.77. The monoisotopic (exact) mass is 465 g/mol. The molecule has 0 fully saturated rings. The van der Waals surface area contributed by atoms with E-state index in [9.17, 15) is 13.2 Å². The van der Waals surface area contributed by atoms with E-state index in [1.54, 1.807) is 18.2 Å². The molecular weight excluding hydrogens is 442 g/mol. The summed E-state index contributed by atoms with van der Waals surface area (Å²) < 4.78 is 26.0. The lowest BCUT2D eigenvalue weighted by molar-refractivity contribution is -0.113. The molecule has 0 radical (unpaired) electrons. The summed E-state index contributed by atoms with van der Waals surface area (Å²) in [5, 5.41) is 6.54. The Labute approximate surface area is 191 Å². The van der Waals surface area contributed by atoms with Gasteiger partial charge in [-0.15, -0.1) is 0 Å². The van der Waals surface area contributed by atoms with Crippen molar-refractivity contribution in [1.29, 1.82) is 0 Å². The van der Waals surface area contributed by atoms with Crippen LogP contribution in [0.15, 0.2) is 76.7 Å². The van der Waals surface area contributed by atoms with Crippen molar-refractivity contribution in [2.75, 3.05) is 25.2 Å². The topological polar surface area (TPSA) is 79.4 Å². The highest BCUT2D eigenvalue weighted by Crippen LogP contribution is 2.27. The molecular formula is C24H23N3O3S2. The van der Waals surface area contributed by atoms with Gasteiger partial charge in [-0.3, -0.25) is 4.79 Å². The predicted molar refractivity (Wildman–Crippen MR) is 131 cm³/mol. The third-order valence-corrected chi connectivity index (χ3v) is 7.88. The molecule has 8 heteroatoms. The number of carbonyl (C=O) groups is 1. The Morgan fingerprint density at radius 1 is 1.00 bits per heavy atom. The molecule has 1 amide bonds. The molecule has 0 unspecified atom stereocenters. The molecule has 1 aromatic heterocycles. The molecule has 32 heavy (non-hydrogen) atoms. The maximum absolute atomic E-state index is 12.6. The molecule has 1 N–H and O–H groups in total. The normalized spacial score (nSPS) is 11.9. The van der Waals surface area contributed by atoms with Crippen LogP contribution in [0.5, 0.6) is 0 Å². The summed E-state index contributed by atoms with van der Waals surface area (Å²) in [7, 11) is -0.500. The lowest BCUT2D eigenvalue weighted by atomic mass is 10.1. The quantitative estimate of drug-likeness (QED) is 0.418. The molecule has 0 spiro atoms. The van der Waals surface area contributed by atoms with Gasteiger partial charge in [-0.2, -0.15) is 0 Å². The maximum Gasteiger partial charge on any atom is 0.242 e. The molecule has 3 aromatic carbocycles. The number of sulfonamides is 1. The summed E-state index contributed by atoms with van der Waals surface area (Å²) in [6.07, 6.45) is 0. The Kier molecular flexibility index (Phi) is 6.19. The van der Waals surface area contributed by atoms with E-state index in [0.717, 1.165) is 27.4 Å². The summed E-state index contributed by atoms with van der Waals surface area (Å²) in [4.78, 5) is 17.4. The minimum Gasteiger partial charge on any atom is -0.325 e. The van der Waals surface area contributed by atoms with E-state index >= 15 is 0 Å².